The number of hydrogen-bond acceptors (Lipinski definition) is 3. The van der Waals surface area contributed by atoms with Crippen LogP contribution in [0.2, 0.25) is 0 Å². The molecule has 2 N–H and O–H groups in total. The van der Waals surface area contributed by atoms with E-state index in [1.54, 1.807) is 12.1 Å². The van der Waals surface area contributed by atoms with Gasteiger partial charge in [-0.1, -0.05) is 42.5 Å². The summed E-state index contributed by atoms with van der Waals surface area (Å²) in [6.45, 7) is -0.0908. The van der Waals surface area contributed by atoms with E-state index in [1.807, 2.05) is 30.3 Å². The zero-order chi connectivity index (χ0) is 14.9. The second-order valence-electron chi connectivity index (χ2n) is 5.28. The van der Waals surface area contributed by atoms with Crippen LogP contribution >= 0.6 is 0 Å². The summed E-state index contributed by atoms with van der Waals surface area (Å²) in [6, 6.07) is 16.2. The Morgan fingerprint density at radius 2 is 1.71 bits per heavy atom. The summed E-state index contributed by atoms with van der Waals surface area (Å²) in [5.41, 5.74) is 1.86. The van der Waals surface area contributed by atoms with E-state index in [0.717, 1.165) is 6.42 Å². The maximum absolute atomic E-state index is 12.3. The van der Waals surface area contributed by atoms with Crippen LogP contribution < -0.4 is 4.72 Å². The molecule has 1 fully saturated rings. The van der Waals surface area contributed by atoms with Gasteiger partial charge in [-0.3, -0.25) is 0 Å². The summed E-state index contributed by atoms with van der Waals surface area (Å²) < 4.78 is 27.3. The molecule has 0 amide bonds. The van der Waals surface area contributed by atoms with Crippen molar-refractivity contribution in [2.24, 2.45) is 0 Å². The second-order valence-corrected chi connectivity index (χ2v) is 7.00. The van der Waals surface area contributed by atoms with Crippen molar-refractivity contribution in [1.29, 1.82) is 0 Å². The largest absolute Gasteiger partial charge is 0.392 e. The molecule has 3 rings (SSSR count). The molecule has 1 saturated carbocycles. The van der Waals surface area contributed by atoms with Crippen LogP contribution in [0.1, 0.15) is 23.5 Å². The second kappa shape index (κ2) is 5.60. The first-order valence-electron chi connectivity index (χ1n) is 6.87. The van der Waals surface area contributed by atoms with Crippen LogP contribution in [0.25, 0.3) is 0 Å². The maximum Gasteiger partial charge on any atom is 0.240 e. The van der Waals surface area contributed by atoms with Crippen molar-refractivity contribution in [2.45, 2.75) is 29.9 Å². The smallest absolute Gasteiger partial charge is 0.240 e. The molecule has 2 atom stereocenters. The summed E-state index contributed by atoms with van der Waals surface area (Å²) in [7, 11) is -3.49. The molecule has 1 aliphatic rings. The van der Waals surface area contributed by atoms with Crippen LogP contribution in [-0.2, 0) is 16.6 Å². The van der Waals surface area contributed by atoms with E-state index in [2.05, 4.69) is 4.72 Å². The van der Waals surface area contributed by atoms with Crippen LogP contribution in [0, 0.1) is 0 Å². The first-order valence-corrected chi connectivity index (χ1v) is 8.35. The van der Waals surface area contributed by atoms with Gasteiger partial charge < -0.3 is 5.11 Å². The van der Waals surface area contributed by atoms with Crippen LogP contribution in [-0.4, -0.2) is 19.6 Å². The number of nitrogens with one attached hydrogen (secondary N) is 1. The van der Waals surface area contributed by atoms with E-state index in [1.165, 1.54) is 17.7 Å². The Bertz CT molecular complexity index is 711. The van der Waals surface area contributed by atoms with Gasteiger partial charge >= 0.3 is 0 Å². The van der Waals surface area contributed by atoms with Gasteiger partial charge in [0.05, 0.1) is 11.5 Å². The number of sulfonamides is 1. The molecule has 0 heterocycles. The van der Waals surface area contributed by atoms with Crippen molar-refractivity contribution in [1.82, 2.24) is 4.72 Å². The normalized spacial score (nSPS) is 21.2. The highest BCUT2D eigenvalue weighted by Crippen LogP contribution is 2.41. The molecule has 0 aliphatic heterocycles. The minimum absolute atomic E-state index is 0.0325. The van der Waals surface area contributed by atoms with Gasteiger partial charge in [-0.05, 0) is 29.7 Å². The first kappa shape index (κ1) is 14.3. The Kier molecular flexibility index (Phi) is 3.80. The lowest BCUT2D eigenvalue weighted by atomic mass is 10.1. The SMILES string of the molecule is O=S(=O)(NC1CC1c1ccccc1)c1ccc(CO)cc1. The molecular formula is C16H17NO3S. The lowest BCUT2D eigenvalue weighted by Gasteiger charge is -2.07. The fourth-order valence-electron chi connectivity index (χ4n) is 2.44. The monoisotopic (exact) mass is 303 g/mol. The fourth-order valence-corrected chi connectivity index (χ4v) is 3.72. The van der Waals surface area contributed by atoms with Gasteiger partial charge in [0.2, 0.25) is 10.0 Å². The number of aliphatic hydroxyl groups is 1. The Labute approximate surface area is 124 Å². The van der Waals surface area contributed by atoms with E-state index >= 15 is 0 Å². The molecule has 4 nitrogen and oxygen atoms in total. The van der Waals surface area contributed by atoms with Gasteiger partial charge in [0, 0.05) is 12.0 Å². The third-order valence-electron chi connectivity index (χ3n) is 3.74. The molecule has 2 unspecified atom stereocenters. The summed E-state index contributed by atoms with van der Waals surface area (Å²) in [4.78, 5) is 0.235. The Morgan fingerprint density at radius 3 is 2.33 bits per heavy atom. The maximum atomic E-state index is 12.3. The minimum atomic E-state index is -3.49. The third-order valence-corrected chi connectivity index (χ3v) is 5.25. The van der Waals surface area contributed by atoms with E-state index in [-0.39, 0.29) is 23.5 Å². The lowest BCUT2D eigenvalue weighted by Crippen LogP contribution is -2.26. The zero-order valence-electron chi connectivity index (χ0n) is 11.4. The highest BCUT2D eigenvalue weighted by atomic mass is 32.2. The quantitative estimate of drug-likeness (QED) is 0.888. The molecule has 0 radical (unpaired) electrons. The molecule has 2 aromatic rings. The van der Waals surface area contributed by atoms with Gasteiger partial charge in [0.15, 0.2) is 0 Å². The number of aliphatic hydroxyl groups excluding tert-OH is 1. The lowest BCUT2D eigenvalue weighted by molar-refractivity contribution is 0.282. The van der Waals surface area contributed by atoms with E-state index in [0.29, 0.717) is 5.56 Å². The molecule has 0 aromatic heterocycles. The van der Waals surface area contributed by atoms with Gasteiger partial charge in [0.1, 0.15) is 0 Å². The number of benzene rings is 2. The highest BCUT2D eigenvalue weighted by Gasteiger charge is 2.41. The molecule has 21 heavy (non-hydrogen) atoms. The molecular weight excluding hydrogens is 286 g/mol. The van der Waals surface area contributed by atoms with Gasteiger partial charge in [-0.15, -0.1) is 0 Å². The Balaban J connectivity index is 1.70. The summed E-state index contributed by atoms with van der Waals surface area (Å²) in [6.07, 6.45) is 0.831. The first-order chi connectivity index (χ1) is 10.1. The van der Waals surface area contributed by atoms with Gasteiger partial charge in [-0.25, -0.2) is 13.1 Å². The molecule has 0 spiro atoms. The predicted molar refractivity (Wildman–Crippen MR) is 80.3 cm³/mol. The van der Waals surface area contributed by atoms with Crippen molar-refractivity contribution in [2.75, 3.05) is 0 Å². The van der Waals surface area contributed by atoms with Crippen LogP contribution in [0.5, 0.6) is 0 Å². The summed E-state index contributed by atoms with van der Waals surface area (Å²) >= 11 is 0. The van der Waals surface area contributed by atoms with Gasteiger partial charge in [-0.2, -0.15) is 0 Å². The summed E-state index contributed by atoms with van der Waals surface area (Å²) in [5.74, 6) is 0.262. The predicted octanol–water partition coefficient (Wildman–Crippen LogP) is 2.01. The van der Waals surface area contributed by atoms with Crippen LogP contribution in [0.3, 0.4) is 0 Å². The Morgan fingerprint density at radius 1 is 1.05 bits per heavy atom. The molecule has 2 aromatic carbocycles. The molecule has 110 valence electrons. The number of rotatable bonds is 5. The molecule has 0 saturated heterocycles. The molecule has 0 bridgehead atoms. The van der Waals surface area contributed by atoms with Crippen molar-refractivity contribution in [3.05, 3.63) is 65.7 Å². The number of hydrogen-bond donors (Lipinski definition) is 2. The summed E-state index contributed by atoms with van der Waals surface area (Å²) in [5, 5.41) is 8.98. The molecule has 5 heteroatoms. The van der Waals surface area contributed by atoms with E-state index in [9.17, 15) is 8.42 Å². The average molecular weight is 303 g/mol. The van der Waals surface area contributed by atoms with Crippen molar-refractivity contribution in [3.63, 3.8) is 0 Å². The highest BCUT2D eigenvalue weighted by molar-refractivity contribution is 7.89. The minimum Gasteiger partial charge on any atom is -0.392 e. The topological polar surface area (TPSA) is 66.4 Å². The average Bonchev–Trinajstić information content (AvgIpc) is 3.26. The van der Waals surface area contributed by atoms with Crippen molar-refractivity contribution < 1.29 is 13.5 Å². The molecule has 1 aliphatic carbocycles. The standard InChI is InChI=1S/C16H17NO3S/c18-11-12-6-8-14(9-7-12)21(19,20)17-16-10-15(16)13-4-2-1-3-5-13/h1-9,15-18H,10-11H2. The fraction of sp³-hybridized carbons (Fsp3) is 0.250. The zero-order valence-corrected chi connectivity index (χ0v) is 12.3. The third kappa shape index (κ3) is 3.15. The van der Waals surface area contributed by atoms with Crippen molar-refractivity contribution >= 4 is 10.0 Å². The Hall–Kier alpha value is -1.69. The van der Waals surface area contributed by atoms with Crippen LogP contribution in [0.15, 0.2) is 59.5 Å². The van der Waals surface area contributed by atoms with E-state index < -0.39 is 10.0 Å². The van der Waals surface area contributed by atoms with Gasteiger partial charge in [0.25, 0.3) is 0 Å². The van der Waals surface area contributed by atoms with Crippen LogP contribution in [0.4, 0.5) is 0 Å². The van der Waals surface area contributed by atoms with Crippen molar-refractivity contribution in [3.8, 4) is 0 Å². The van der Waals surface area contributed by atoms with E-state index in [4.69, 9.17) is 5.11 Å².